The summed E-state index contributed by atoms with van der Waals surface area (Å²) in [6, 6.07) is 7.67. The van der Waals surface area contributed by atoms with Gasteiger partial charge < -0.3 is 5.32 Å². The maximum atomic E-state index is 12.5. The lowest BCUT2D eigenvalue weighted by molar-refractivity contribution is 0.0933. The molecule has 1 aromatic heterocycles. The molecule has 2 aromatic rings. The Balaban J connectivity index is 1.99. The van der Waals surface area contributed by atoms with Crippen LogP contribution in [0.5, 0.6) is 0 Å². The Kier molecular flexibility index (Phi) is 6.40. The van der Waals surface area contributed by atoms with Crippen molar-refractivity contribution in [1.29, 1.82) is 0 Å². The number of thioether (sulfide) groups is 1. The molecule has 0 aliphatic rings. The Bertz CT molecular complexity index is 663. The average Bonchev–Trinajstić information content (AvgIpc) is 3.00. The molecule has 0 radical (unpaired) electrons. The number of hydrogen-bond donors (Lipinski definition) is 1. The van der Waals surface area contributed by atoms with Gasteiger partial charge in [0.2, 0.25) is 0 Å². The third-order valence-electron chi connectivity index (χ3n) is 3.17. The second kappa shape index (κ2) is 8.53. The summed E-state index contributed by atoms with van der Waals surface area (Å²) in [6.45, 7) is 6.70. The van der Waals surface area contributed by atoms with Crippen molar-refractivity contribution in [2.75, 3.05) is 5.75 Å². The minimum atomic E-state index is -0.0575. The molecule has 0 spiro atoms. The zero-order chi connectivity index (χ0) is 16.7. The van der Waals surface area contributed by atoms with Crippen LogP contribution in [0, 0.1) is 0 Å². The van der Waals surface area contributed by atoms with E-state index in [1.54, 1.807) is 22.8 Å². The first-order chi connectivity index (χ1) is 11.1. The third-order valence-corrected chi connectivity index (χ3v) is 4.17. The fourth-order valence-electron chi connectivity index (χ4n) is 2.03. The molecule has 0 bridgehead atoms. The van der Waals surface area contributed by atoms with Crippen molar-refractivity contribution in [3.05, 3.63) is 54.1 Å². The quantitative estimate of drug-likeness (QED) is 0.626. The van der Waals surface area contributed by atoms with Gasteiger partial charge >= 0.3 is 0 Å². The Morgan fingerprint density at radius 1 is 1.39 bits per heavy atom. The molecular formula is C17H22N4OS. The number of nitrogens with one attached hydrogen (secondary N) is 1. The van der Waals surface area contributed by atoms with Gasteiger partial charge in [0, 0.05) is 16.7 Å². The Labute approximate surface area is 141 Å². The summed E-state index contributed by atoms with van der Waals surface area (Å²) in [5.41, 5.74) is 1.99. The van der Waals surface area contributed by atoms with E-state index >= 15 is 0 Å². The molecule has 0 aliphatic heterocycles. The number of hydrogen-bond acceptors (Lipinski definition) is 4. The van der Waals surface area contributed by atoms with Gasteiger partial charge in [-0.15, -0.1) is 11.8 Å². The standard InChI is InChI=1S/C17H22N4OS/c1-13(2)8-9-23-16-7-5-4-6-15(16)17(22)20-14(3)10-21-12-18-11-19-21/h4-8,11-12,14H,9-10H2,1-3H3,(H,20,22). The smallest absolute Gasteiger partial charge is 0.252 e. The molecule has 1 atom stereocenters. The predicted octanol–water partition coefficient (Wildman–Crippen LogP) is 3.15. The van der Waals surface area contributed by atoms with Gasteiger partial charge in [0.25, 0.3) is 5.91 Å². The van der Waals surface area contributed by atoms with Crippen LogP contribution in [-0.2, 0) is 6.54 Å². The second-order valence-corrected chi connectivity index (χ2v) is 6.64. The van der Waals surface area contributed by atoms with Crippen LogP contribution in [0.4, 0.5) is 0 Å². The SMILES string of the molecule is CC(C)=CCSc1ccccc1C(=O)NC(C)Cn1cncn1. The van der Waals surface area contributed by atoms with E-state index in [0.29, 0.717) is 12.1 Å². The predicted molar refractivity (Wildman–Crippen MR) is 93.5 cm³/mol. The Hall–Kier alpha value is -2.08. The highest BCUT2D eigenvalue weighted by Gasteiger charge is 2.14. The first kappa shape index (κ1) is 17.3. The van der Waals surface area contributed by atoms with Gasteiger partial charge in [-0.2, -0.15) is 5.10 Å². The summed E-state index contributed by atoms with van der Waals surface area (Å²) < 4.78 is 1.71. The van der Waals surface area contributed by atoms with E-state index in [4.69, 9.17) is 0 Å². The van der Waals surface area contributed by atoms with Gasteiger partial charge in [0.15, 0.2) is 0 Å². The van der Waals surface area contributed by atoms with E-state index in [1.165, 1.54) is 11.9 Å². The number of carbonyl (C=O) groups excluding carboxylic acids is 1. The topological polar surface area (TPSA) is 59.8 Å². The van der Waals surface area contributed by atoms with E-state index in [9.17, 15) is 4.79 Å². The van der Waals surface area contributed by atoms with E-state index in [-0.39, 0.29) is 11.9 Å². The highest BCUT2D eigenvalue weighted by molar-refractivity contribution is 7.99. The zero-order valence-electron chi connectivity index (χ0n) is 13.7. The van der Waals surface area contributed by atoms with Crippen LogP contribution in [0.25, 0.3) is 0 Å². The first-order valence-electron chi connectivity index (χ1n) is 7.54. The van der Waals surface area contributed by atoms with Gasteiger partial charge in [0.05, 0.1) is 12.1 Å². The molecule has 6 heteroatoms. The Morgan fingerprint density at radius 3 is 2.87 bits per heavy atom. The lowest BCUT2D eigenvalue weighted by Gasteiger charge is -2.15. The normalized spacial score (nSPS) is 11.8. The molecule has 0 saturated heterocycles. The van der Waals surface area contributed by atoms with Gasteiger partial charge in [0.1, 0.15) is 12.7 Å². The highest BCUT2D eigenvalue weighted by atomic mass is 32.2. The summed E-state index contributed by atoms with van der Waals surface area (Å²) >= 11 is 1.67. The van der Waals surface area contributed by atoms with Gasteiger partial charge in [-0.1, -0.05) is 23.8 Å². The Morgan fingerprint density at radius 2 is 2.17 bits per heavy atom. The van der Waals surface area contributed by atoms with Crippen molar-refractivity contribution in [1.82, 2.24) is 20.1 Å². The summed E-state index contributed by atoms with van der Waals surface area (Å²) in [5, 5.41) is 7.07. The molecule has 23 heavy (non-hydrogen) atoms. The molecule has 0 saturated carbocycles. The number of nitrogens with zero attached hydrogens (tertiary/aromatic N) is 3. The van der Waals surface area contributed by atoms with Crippen LogP contribution in [0.3, 0.4) is 0 Å². The van der Waals surface area contributed by atoms with Gasteiger partial charge in [-0.3, -0.25) is 9.48 Å². The number of allylic oxidation sites excluding steroid dienone is 1. The van der Waals surface area contributed by atoms with Crippen molar-refractivity contribution >= 4 is 17.7 Å². The minimum Gasteiger partial charge on any atom is -0.348 e. The van der Waals surface area contributed by atoms with E-state index in [0.717, 1.165) is 10.6 Å². The van der Waals surface area contributed by atoms with Crippen LogP contribution < -0.4 is 5.32 Å². The van der Waals surface area contributed by atoms with E-state index in [2.05, 4.69) is 35.3 Å². The number of amides is 1. The number of rotatable bonds is 7. The van der Waals surface area contributed by atoms with Gasteiger partial charge in [-0.05, 0) is 32.9 Å². The van der Waals surface area contributed by atoms with E-state index in [1.807, 2.05) is 31.2 Å². The number of aromatic nitrogens is 3. The molecule has 0 aliphatic carbocycles. The van der Waals surface area contributed by atoms with Gasteiger partial charge in [-0.25, -0.2) is 4.98 Å². The molecule has 5 nitrogen and oxygen atoms in total. The van der Waals surface area contributed by atoms with Crippen LogP contribution in [0.1, 0.15) is 31.1 Å². The maximum absolute atomic E-state index is 12.5. The first-order valence-corrected chi connectivity index (χ1v) is 8.53. The molecular weight excluding hydrogens is 308 g/mol. The van der Waals surface area contributed by atoms with E-state index < -0.39 is 0 Å². The number of carbonyl (C=O) groups is 1. The van der Waals surface area contributed by atoms with Crippen LogP contribution >= 0.6 is 11.8 Å². The minimum absolute atomic E-state index is 0.0277. The van der Waals surface area contributed by atoms with Crippen molar-refractivity contribution in [3.63, 3.8) is 0 Å². The average molecular weight is 330 g/mol. The molecule has 1 aromatic carbocycles. The lowest BCUT2D eigenvalue weighted by atomic mass is 10.2. The molecule has 1 heterocycles. The summed E-state index contributed by atoms with van der Waals surface area (Å²) in [5.74, 6) is 0.805. The molecule has 1 unspecified atom stereocenters. The lowest BCUT2D eigenvalue weighted by Crippen LogP contribution is -2.36. The van der Waals surface area contributed by atoms with Crippen molar-refractivity contribution < 1.29 is 4.79 Å². The molecule has 2 rings (SSSR count). The van der Waals surface area contributed by atoms with Crippen LogP contribution in [0.2, 0.25) is 0 Å². The fraction of sp³-hybridized carbons (Fsp3) is 0.353. The van der Waals surface area contributed by atoms with Crippen molar-refractivity contribution in [2.45, 2.75) is 38.3 Å². The molecule has 1 amide bonds. The largest absolute Gasteiger partial charge is 0.348 e. The summed E-state index contributed by atoms with van der Waals surface area (Å²) in [4.78, 5) is 17.4. The fourth-order valence-corrected chi connectivity index (χ4v) is 3.12. The third kappa shape index (κ3) is 5.56. The van der Waals surface area contributed by atoms with Crippen molar-refractivity contribution in [2.24, 2.45) is 0 Å². The summed E-state index contributed by atoms with van der Waals surface area (Å²) in [7, 11) is 0. The van der Waals surface area contributed by atoms with Crippen LogP contribution in [-0.4, -0.2) is 32.5 Å². The maximum Gasteiger partial charge on any atom is 0.252 e. The summed E-state index contributed by atoms with van der Waals surface area (Å²) in [6.07, 6.45) is 5.29. The molecule has 122 valence electrons. The monoisotopic (exact) mass is 330 g/mol. The number of benzene rings is 1. The molecule has 1 N–H and O–H groups in total. The molecule has 0 fully saturated rings. The second-order valence-electron chi connectivity index (χ2n) is 5.58. The zero-order valence-corrected chi connectivity index (χ0v) is 14.5. The van der Waals surface area contributed by atoms with Crippen LogP contribution in [0.15, 0.2) is 53.5 Å². The highest BCUT2D eigenvalue weighted by Crippen LogP contribution is 2.23. The van der Waals surface area contributed by atoms with Crippen molar-refractivity contribution in [3.8, 4) is 0 Å².